The van der Waals surface area contributed by atoms with E-state index in [1.165, 1.54) is 12.3 Å². The molecule has 0 radical (unpaired) electrons. The lowest BCUT2D eigenvalue weighted by atomic mass is 10.0. The number of aromatic nitrogens is 3. The zero-order valence-corrected chi connectivity index (χ0v) is 15.2. The quantitative estimate of drug-likeness (QED) is 0.810. The molecule has 1 saturated carbocycles. The fourth-order valence-electron chi connectivity index (χ4n) is 3.83. The Labute approximate surface area is 156 Å². The van der Waals surface area contributed by atoms with Crippen LogP contribution in [0.4, 0.5) is 24.8 Å². The highest BCUT2D eigenvalue weighted by atomic mass is 19.4. The third-order valence-corrected chi connectivity index (χ3v) is 5.24. The van der Waals surface area contributed by atoms with Gasteiger partial charge in [-0.1, -0.05) is 0 Å². The third kappa shape index (κ3) is 3.84. The minimum atomic E-state index is -4.39. The number of nitrogens with zero attached hydrogens (tertiary/aromatic N) is 5. The number of aryl methyl sites for hydroxylation is 1. The molecule has 1 saturated heterocycles. The van der Waals surface area contributed by atoms with Crippen molar-refractivity contribution in [2.24, 2.45) is 0 Å². The number of anilines is 2. The number of alkyl halides is 3. The van der Waals surface area contributed by atoms with Gasteiger partial charge in [0.25, 0.3) is 0 Å². The van der Waals surface area contributed by atoms with E-state index < -0.39 is 11.7 Å². The molecule has 0 amide bonds. The number of rotatable bonds is 4. The molecule has 4 rings (SSSR count). The van der Waals surface area contributed by atoms with Crippen LogP contribution < -0.4 is 9.80 Å². The van der Waals surface area contributed by atoms with Crippen molar-refractivity contribution in [3.05, 3.63) is 42.0 Å². The Hall–Kier alpha value is -2.38. The monoisotopic (exact) mass is 377 g/mol. The predicted octanol–water partition coefficient (Wildman–Crippen LogP) is 3.84. The van der Waals surface area contributed by atoms with Crippen LogP contribution in [0.25, 0.3) is 0 Å². The normalized spacial score (nSPS) is 18.6. The molecule has 5 nitrogen and oxygen atoms in total. The van der Waals surface area contributed by atoms with Crippen LogP contribution in [-0.4, -0.2) is 40.1 Å². The summed E-state index contributed by atoms with van der Waals surface area (Å²) in [5.41, 5.74) is 0.264. The van der Waals surface area contributed by atoms with Crippen LogP contribution in [0.3, 0.4) is 0 Å². The van der Waals surface area contributed by atoms with Gasteiger partial charge in [-0.2, -0.15) is 13.2 Å². The summed E-state index contributed by atoms with van der Waals surface area (Å²) in [6.45, 7) is 3.05. The van der Waals surface area contributed by atoms with Gasteiger partial charge >= 0.3 is 6.18 Å². The van der Waals surface area contributed by atoms with E-state index in [-0.39, 0.29) is 11.9 Å². The fourth-order valence-corrected chi connectivity index (χ4v) is 3.83. The summed E-state index contributed by atoms with van der Waals surface area (Å²) in [6, 6.07) is 5.20. The average molecular weight is 377 g/mol. The van der Waals surface area contributed by atoms with Gasteiger partial charge in [-0.05, 0) is 44.7 Å². The average Bonchev–Trinajstić information content (AvgIpc) is 3.47. The molecule has 0 bridgehead atoms. The first kappa shape index (κ1) is 18.0. The second kappa shape index (κ2) is 6.98. The Bertz CT molecular complexity index is 798. The third-order valence-electron chi connectivity index (χ3n) is 5.24. The number of pyridine rings is 1. The molecule has 27 heavy (non-hydrogen) atoms. The maximum atomic E-state index is 13.3. The van der Waals surface area contributed by atoms with E-state index in [0.29, 0.717) is 19.1 Å². The van der Waals surface area contributed by atoms with E-state index in [9.17, 15) is 13.2 Å². The Balaban J connectivity index is 1.50. The van der Waals surface area contributed by atoms with Gasteiger partial charge in [0.15, 0.2) is 0 Å². The van der Waals surface area contributed by atoms with E-state index >= 15 is 0 Å². The van der Waals surface area contributed by atoms with Crippen LogP contribution in [0.5, 0.6) is 0 Å². The summed E-state index contributed by atoms with van der Waals surface area (Å²) >= 11 is 0. The number of hydrogen-bond donors (Lipinski definition) is 0. The Morgan fingerprint density at radius 1 is 1.04 bits per heavy atom. The second-order valence-corrected chi connectivity index (χ2v) is 7.25. The summed E-state index contributed by atoms with van der Waals surface area (Å²) in [4.78, 5) is 16.8. The van der Waals surface area contributed by atoms with Gasteiger partial charge in [0, 0.05) is 43.1 Å². The Morgan fingerprint density at radius 2 is 1.74 bits per heavy atom. The van der Waals surface area contributed by atoms with Crippen LogP contribution in [0.2, 0.25) is 0 Å². The van der Waals surface area contributed by atoms with Gasteiger partial charge < -0.3 is 9.80 Å². The Kier molecular flexibility index (Phi) is 4.65. The molecule has 0 spiro atoms. The van der Waals surface area contributed by atoms with Crippen molar-refractivity contribution in [2.45, 2.75) is 50.9 Å². The highest BCUT2D eigenvalue weighted by Gasteiger charge is 2.39. The number of piperidine rings is 1. The molecule has 1 aliphatic heterocycles. The largest absolute Gasteiger partial charge is 0.419 e. The lowest BCUT2D eigenvalue weighted by Gasteiger charge is -2.40. The van der Waals surface area contributed by atoms with Gasteiger partial charge in [-0.25, -0.2) is 15.0 Å². The molecular formula is C19H22F3N5. The van der Waals surface area contributed by atoms with Crippen molar-refractivity contribution >= 4 is 11.6 Å². The summed E-state index contributed by atoms with van der Waals surface area (Å²) in [7, 11) is 0. The number of hydrogen-bond acceptors (Lipinski definition) is 5. The van der Waals surface area contributed by atoms with Gasteiger partial charge in [0.1, 0.15) is 18.0 Å². The maximum absolute atomic E-state index is 13.3. The summed E-state index contributed by atoms with van der Waals surface area (Å²) in [5, 5.41) is 0. The molecule has 0 unspecified atom stereocenters. The minimum Gasteiger partial charge on any atom is -0.356 e. The maximum Gasteiger partial charge on any atom is 0.419 e. The molecule has 0 aromatic carbocycles. The van der Waals surface area contributed by atoms with Crippen LogP contribution in [0.1, 0.15) is 36.9 Å². The van der Waals surface area contributed by atoms with Crippen molar-refractivity contribution in [2.75, 3.05) is 22.9 Å². The SMILES string of the molecule is Cc1cc(N(C2CC2)C2CCN(c3ncccc3C(F)(F)F)CC2)ncn1. The van der Waals surface area contributed by atoms with Crippen molar-refractivity contribution in [1.82, 2.24) is 15.0 Å². The van der Waals surface area contributed by atoms with Crippen LogP contribution in [0, 0.1) is 6.92 Å². The summed E-state index contributed by atoms with van der Waals surface area (Å²) in [5.74, 6) is 0.969. The van der Waals surface area contributed by atoms with Crippen molar-refractivity contribution in [3.63, 3.8) is 0 Å². The highest BCUT2D eigenvalue weighted by Crippen LogP contribution is 2.38. The second-order valence-electron chi connectivity index (χ2n) is 7.25. The van der Waals surface area contributed by atoms with Gasteiger partial charge in [0.05, 0.1) is 5.56 Å². The first-order valence-corrected chi connectivity index (χ1v) is 9.27. The van der Waals surface area contributed by atoms with E-state index in [2.05, 4.69) is 19.9 Å². The van der Waals surface area contributed by atoms with Gasteiger partial charge in [-0.3, -0.25) is 0 Å². The fraction of sp³-hybridized carbons (Fsp3) is 0.526. The zero-order valence-electron chi connectivity index (χ0n) is 15.2. The van der Waals surface area contributed by atoms with Gasteiger partial charge in [-0.15, -0.1) is 0 Å². The lowest BCUT2D eigenvalue weighted by molar-refractivity contribution is -0.137. The molecule has 3 heterocycles. The highest BCUT2D eigenvalue weighted by molar-refractivity contribution is 5.50. The molecule has 2 aliphatic rings. The van der Waals surface area contributed by atoms with Crippen LogP contribution in [0.15, 0.2) is 30.7 Å². The van der Waals surface area contributed by atoms with Crippen molar-refractivity contribution in [3.8, 4) is 0 Å². The predicted molar refractivity (Wildman–Crippen MR) is 96.7 cm³/mol. The zero-order chi connectivity index (χ0) is 19.0. The Morgan fingerprint density at radius 3 is 2.37 bits per heavy atom. The molecule has 8 heteroatoms. The first-order valence-electron chi connectivity index (χ1n) is 9.27. The topological polar surface area (TPSA) is 45.2 Å². The molecule has 144 valence electrons. The standard InChI is InChI=1S/C19H22F3N5/c1-13-11-17(25-12-24-13)27(14-4-5-14)15-6-9-26(10-7-15)18-16(19(20,21)22)3-2-8-23-18/h2-3,8,11-12,14-15H,4-7,9-10H2,1H3. The molecule has 2 fully saturated rings. The number of halogens is 3. The molecule has 0 atom stereocenters. The molecule has 2 aromatic rings. The van der Waals surface area contributed by atoms with E-state index in [4.69, 9.17) is 0 Å². The lowest BCUT2D eigenvalue weighted by Crippen LogP contribution is -2.47. The van der Waals surface area contributed by atoms with E-state index in [0.717, 1.165) is 43.3 Å². The molecule has 2 aromatic heterocycles. The van der Waals surface area contributed by atoms with Crippen molar-refractivity contribution in [1.29, 1.82) is 0 Å². The van der Waals surface area contributed by atoms with Crippen molar-refractivity contribution < 1.29 is 13.2 Å². The van der Waals surface area contributed by atoms with E-state index in [1.807, 2.05) is 13.0 Å². The summed E-state index contributed by atoms with van der Waals surface area (Å²) in [6.07, 6.45) is 2.47. The molecular weight excluding hydrogens is 355 g/mol. The van der Waals surface area contributed by atoms with E-state index in [1.54, 1.807) is 11.2 Å². The van der Waals surface area contributed by atoms with Crippen LogP contribution >= 0.6 is 0 Å². The molecule has 1 aliphatic carbocycles. The van der Waals surface area contributed by atoms with Gasteiger partial charge in [0.2, 0.25) is 0 Å². The first-order chi connectivity index (χ1) is 12.9. The van der Waals surface area contributed by atoms with Crippen LogP contribution in [-0.2, 0) is 6.18 Å². The minimum absolute atomic E-state index is 0.0410. The molecule has 0 N–H and O–H groups in total. The summed E-state index contributed by atoms with van der Waals surface area (Å²) < 4.78 is 39.9. The smallest absolute Gasteiger partial charge is 0.356 e.